The summed E-state index contributed by atoms with van der Waals surface area (Å²) in [6.45, 7) is 5.22. The van der Waals surface area contributed by atoms with Gasteiger partial charge in [-0.2, -0.15) is 0 Å². The van der Waals surface area contributed by atoms with Gasteiger partial charge in [-0.25, -0.2) is 0 Å². The van der Waals surface area contributed by atoms with E-state index in [9.17, 15) is 0 Å². The Bertz CT molecular complexity index is 388. The number of halogens is 1. The Morgan fingerprint density at radius 2 is 2.19 bits per heavy atom. The van der Waals surface area contributed by atoms with Crippen LogP contribution in [0.3, 0.4) is 0 Å². The van der Waals surface area contributed by atoms with Crippen LogP contribution >= 0.6 is 11.6 Å². The lowest BCUT2D eigenvalue weighted by Crippen LogP contribution is -2.19. The van der Waals surface area contributed by atoms with Crippen molar-refractivity contribution in [2.75, 3.05) is 13.7 Å². The van der Waals surface area contributed by atoms with E-state index in [0.717, 1.165) is 30.1 Å². The molecule has 16 heavy (non-hydrogen) atoms. The van der Waals surface area contributed by atoms with Crippen LogP contribution in [-0.4, -0.2) is 13.7 Å². The van der Waals surface area contributed by atoms with Crippen molar-refractivity contribution in [3.63, 3.8) is 0 Å². The third kappa shape index (κ3) is 1.86. The summed E-state index contributed by atoms with van der Waals surface area (Å²) in [5.41, 5.74) is 1.14. The highest BCUT2D eigenvalue weighted by molar-refractivity contribution is 6.32. The summed E-state index contributed by atoms with van der Waals surface area (Å²) < 4.78 is 11.1. The van der Waals surface area contributed by atoms with Gasteiger partial charge in [0.15, 0.2) is 0 Å². The van der Waals surface area contributed by atoms with E-state index < -0.39 is 0 Å². The van der Waals surface area contributed by atoms with E-state index in [1.807, 2.05) is 12.1 Å². The van der Waals surface area contributed by atoms with E-state index in [1.165, 1.54) is 0 Å². The fourth-order valence-electron chi connectivity index (χ4n) is 2.35. The van der Waals surface area contributed by atoms with Crippen molar-refractivity contribution in [2.45, 2.75) is 26.2 Å². The quantitative estimate of drug-likeness (QED) is 0.781. The molecule has 0 amide bonds. The second-order valence-electron chi connectivity index (χ2n) is 4.48. The standard InChI is InChI=1S/C13H17ClO2/c1-8(2)9-6-7-16-11-5-4-10(14)13(15-3)12(9)11/h4-5,8-9H,6-7H2,1-3H3. The van der Waals surface area contributed by atoms with E-state index in [4.69, 9.17) is 21.1 Å². The summed E-state index contributed by atoms with van der Waals surface area (Å²) in [4.78, 5) is 0. The van der Waals surface area contributed by atoms with E-state index in [1.54, 1.807) is 7.11 Å². The van der Waals surface area contributed by atoms with Crippen molar-refractivity contribution >= 4 is 11.6 Å². The lowest BCUT2D eigenvalue weighted by atomic mass is 9.83. The van der Waals surface area contributed by atoms with Gasteiger partial charge in [0.25, 0.3) is 0 Å². The predicted octanol–water partition coefficient (Wildman–Crippen LogP) is 3.87. The molecule has 1 heterocycles. The van der Waals surface area contributed by atoms with Gasteiger partial charge in [0.05, 0.1) is 18.7 Å². The lowest BCUT2D eigenvalue weighted by Gasteiger charge is -2.30. The van der Waals surface area contributed by atoms with Gasteiger partial charge in [0.2, 0.25) is 0 Å². The number of benzene rings is 1. The molecule has 88 valence electrons. The number of rotatable bonds is 2. The predicted molar refractivity (Wildman–Crippen MR) is 65.7 cm³/mol. The molecule has 1 aliphatic rings. The summed E-state index contributed by atoms with van der Waals surface area (Å²) in [6, 6.07) is 3.77. The number of hydrogen-bond donors (Lipinski definition) is 0. The monoisotopic (exact) mass is 240 g/mol. The van der Waals surface area contributed by atoms with E-state index in [0.29, 0.717) is 16.9 Å². The molecule has 1 atom stereocenters. The highest BCUT2D eigenvalue weighted by Crippen LogP contribution is 2.46. The largest absolute Gasteiger partial charge is 0.495 e. The molecular formula is C13H17ClO2. The van der Waals surface area contributed by atoms with E-state index in [-0.39, 0.29) is 0 Å². The van der Waals surface area contributed by atoms with Crippen LogP contribution < -0.4 is 9.47 Å². The van der Waals surface area contributed by atoms with Crippen LogP contribution in [0.5, 0.6) is 11.5 Å². The molecule has 0 N–H and O–H groups in total. The Morgan fingerprint density at radius 1 is 1.44 bits per heavy atom. The molecular weight excluding hydrogens is 224 g/mol. The molecule has 0 aliphatic carbocycles. The van der Waals surface area contributed by atoms with Gasteiger partial charge in [-0.15, -0.1) is 0 Å². The molecule has 2 nitrogen and oxygen atoms in total. The Morgan fingerprint density at radius 3 is 2.81 bits per heavy atom. The van der Waals surface area contributed by atoms with Crippen molar-refractivity contribution in [1.82, 2.24) is 0 Å². The summed E-state index contributed by atoms with van der Waals surface area (Å²) in [7, 11) is 1.66. The number of fused-ring (bicyclic) bond motifs is 1. The molecule has 0 radical (unpaired) electrons. The normalized spacial score (nSPS) is 19.2. The molecule has 1 aliphatic heterocycles. The molecule has 0 bridgehead atoms. The summed E-state index contributed by atoms with van der Waals surface area (Å²) in [5.74, 6) is 2.73. The molecule has 0 spiro atoms. The molecule has 0 fully saturated rings. The van der Waals surface area contributed by atoms with Crippen LogP contribution in [0.2, 0.25) is 5.02 Å². The number of ether oxygens (including phenoxy) is 2. The second-order valence-corrected chi connectivity index (χ2v) is 4.89. The summed E-state index contributed by atoms with van der Waals surface area (Å²) in [6.07, 6.45) is 1.03. The molecule has 0 aromatic heterocycles. The van der Waals surface area contributed by atoms with Gasteiger partial charge in [-0.1, -0.05) is 25.4 Å². The van der Waals surface area contributed by atoms with Gasteiger partial charge in [-0.3, -0.25) is 0 Å². The molecule has 3 heteroatoms. The maximum absolute atomic E-state index is 6.15. The third-order valence-electron chi connectivity index (χ3n) is 3.17. The first-order valence-electron chi connectivity index (χ1n) is 5.64. The minimum Gasteiger partial charge on any atom is -0.495 e. The Kier molecular flexibility index (Phi) is 3.29. The van der Waals surface area contributed by atoms with Crippen LogP contribution in [0.1, 0.15) is 31.7 Å². The topological polar surface area (TPSA) is 18.5 Å². The minimum absolute atomic E-state index is 0.470. The van der Waals surface area contributed by atoms with Crippen LogP contribution in [-0.2, 0) is 0 Å². The lowest BCUT2D eigenvalue weighted by molar-refractivity contribution is 0.241. The second kappa shape index (κ2) is 4.54. The summed E-state index contributed by atoms with van der Waals surface area (Å²) in [5, 5.41) is 0.664. The van der Waals surface area contributed by atoms with Gasteiger partial charge < -0.3 is 9.47 Å². The van der Waals surface area contributed by atoms with Crippen molar-refractivity contribution in [3.8, 4) is 11.5 Å². The highest BCUT2D eigenvalue weighted by Gasteiger charge is 2.28. The molecule has 0 saturated carbocycles. The fourth-order valence-corrected chi connectivity index (χ4v) is 2.59. The average molecular weight is 241 g/mol. The van der Waals surface area contributed by atoms with Crippen LogP contribution in [0.25, 0.3) is 0 Å². The van der Waals surface area contributed by atoms with Crippen molar-refractivity contribution in [2.24, 2.45) is 5.92 Å². The van der Waals surface area contributed by atoms with Gasteiger partial charge >= 0.3 is 0 Å². The molecule has 2 rings (SSSR count). The Hall–Kier alpha value is -0.890. The van der Waals surface area contributed by atoms with Crippen molar-refractivity contribution in [1.29, 1.82) is 0 Å². The first-order valence-corrected chi connectivity index (χ1v) is 6.02. The third-order valence-corrected chi connectivity index (χ3v) is 3.47. The minimum atomic E-state index is 0.470. The van der Waals surface area contributed by atoms with Gasteiger partial charge in [-0.05, 0) is 30.4 Å². The first kappa shape index (κ1) is 11.6. The average Bonchev–Trinajstić information content (AvgIpc) is 2.28. The zero-order valence-electron chi connectivity index (χ0n) is 9.92. The molecule has 1 unspecified atom stereocenters. The highest BCUT2D eigenvalue weighted by atomic mass is 35.5. The number of hydrogen-bond acceptors (Lipinski definition) is 2. The molecule has 1 aromatic rings. The van der Waals surface area contributed by atoms with Gasteiger partial charge in [0, 0.05) is 5.56 Å². The van der Waals surface area contributed by atoms with Gasteiger partial charge in [0.1, 0.15) is 11.5 Å². The zero-order valence-corrected chi connectivity index (χ0v) is 10.7. The van der Waals surface area contributed by atoms with Crippen molar-refractivity contribution < 1.29 is 9.47 Å². The fraction of sp³-hybridized carbons (Fsp3) is 0.538. The molecule has 0 saturated heterocycles. The maximum atomic E-state index is 6.15. The smallest absolute Gasteiger partial charge is 0.144 e. The molecule has 1 aromatic carbocycles. The number of methoxy groups -OCH3 is 1. The Labute approximate surface area is 102 Å². The Balaban J connectivity index is 2.55. The maximum Gasteiger partial charge on any atom is 0.144 e. The zero-order chi connectivity index (χ0) is 11.7. The van der Waals surface area contributed by atoms with Crippen LogP contribution in [0, 0.1) is 5.92 Å². The van der Waals surface area contributed by atoms with Crippen molar-refractivity contribution in [3.05, 3.63) is 22.7 Å². The van der Waals surface area contributed by atoms with E-state index >= 15 is 0 Å². The van der Waals surface area contributed by atoms with Crippen LogP contribution in [0.15, 0.2) is 12.1 Å². The van der Waals surface area contributed by atoms with Crippen LogP contribution in [0.4, 0.5) is 0 Å². The van der Waals surface area contributed by atoms with E-state index in [2.05, 4.69) is 13.8 Å². The summed E-state index contributed by atoms with van der Waals surface area (Å²) >= 11 is 6.15. The first-order chi connectivity index (χ1) is 7.65. The SMILES string of the molecule is COc1c(Cl)ccc2c1C(C(C)C)CCO2.